The summed E-state index contributed by atoms with van der Waals surface area (Å²) in [6.45, 7) is 11.4. The lowest BCUT2D eigenvalue weighted by Crippen LogP contribution is -2.42. The van der Waals surface area contributed by atoms with Crippen LogP contribution in [0.2, 0.25) is 0 Å². The second-order valence-corrected chi connectivity index (χ2v) is 6.99. The molecule has 0 atom stereocenters. The third-order valence-corrected chi connectivity index (χ3v) is 3.14. The van der Waals surface area contributed by atoms with Gasteiger partial charge in [-0.1, -0.05) is 6.08 Å². The highest BCUT2D eigenvalue weighted by molar-refractivity contribution is 6.54. The van der Waals surface area contributed by atoms with Crippen molar-refractivity contribution in [2.75, 3.05) is 19.7 Å². The molecule has 5 nitrogen and oxygen atoms in total. The largest absolute Gasteiger partial charge is 0.491 e. The molecule has 112 valence electrons. The van der Waals surface area contributed by atoms with Crippen LogP contribution in [0.3, 0.4) is 0 Å². The summed E-state index contributed by atoms with van der Waals surface area (Å²) in [4.78, 5) is 13.8. The summed E-state index contributed by atoms with van der Waals surface area (Å²) < 4.78 is 16.9. The maximum atomic E-state index is 12.1. The number of hydrogen-bond acceptors (Lipinski definition) is 4. The lowest BCUT2D eigenvalue weighted by molar-refractivity contribution is 0.0264. The van der Waals surface area contributed by atoms with Gasteiger partial charge in [-0.2, -0.15) is 0 Å². The van der Waals surface area contributed by atoms with Gasteiger partial charge in [-0.3, -0.25) is 0 Å². The van der Waals surface area contributed by atoms with Crippen molar-refractivity contribution in [1.82, 2.24) is 4.90 Å². The zero-order valence-corrected chi connectivity index (χ0v) is 13.1. The first kappa shape index (κ1) is 15.4. The number of carbonyl (C=O) groups is 1. The van der Waals surface area contributed by atoms with Gasteiger partial charge in [-0.25, -0.2) is 4.79 Å². The summed E-state index contributed by atoms with van der Waals surface area (Å²) in [5, 5.41) is 0. The Morgan fingerprint density at radius 1 is 1.45 bits per heavy atom. The van der Waals surface area contributed by atoms with Crippen LogP contribution in [0, 0.1) is 0 Å². The second kappa shape index (κ2) is 5.41. The average Bonchev–Trinajstić information content (AvgIpc) is 2.68. The highest BCUT2D eigenvalue weighted by atomic mass is 16.7. The van der Waals surface area contributed by atoms with Crippen LogP contribution < -0.4 is 0 Å². The van der Waals surface area contributed by atoms with Crippen LogP contribution in [-0.2, 0) is 14.0 Å². The molecule has 20 heavy (non-hydrogen) atoms. The summed E-state index contributed by atoms with van der Waals surface area (Å²) in [6.07, 6.45) is 2.63. The number of nitrogens with zero attached hydrogens (tertiary/aromatic N) is 1. The molecule has 0 bridgehead atoms. The lowest BCUT2D eigenvalue weighted by atomic mass is 9.76. The van der Waals surface area contributed by atoms with Crippen LogP contribution >= 0.6 is 0 Å². The minimum atomic E-state index is -0.471. The van der Waals surface area contributed by atoms with Crippen LogP contribution in [0.5, 0.6) is 0 Å². The van der Waals surface area contributed by atoms with E-state index in [-0.39, 0.29) is 18.8 Å². The zero-order valence-electron chi connectivity index (χ0n) is 13.1. The van der Waals surface area contributed by atoms with Crippen molar-refractivity contribution in [2.24, 2.45) is 0 Å². The van der Waals surface area contributed by atoms with E-state index in [2.05, 4.69) is 6.08 Å². The van der Waals surface area contributed by atoms with Crippen molar-refractivity contribution in [3.63, 3.8) is 0 Å². The average molecular weight is 281 g/mol. The fourth-order valence-corrected chi connectivity index (χ4v) is 2.24. The zero-order chi connectivity index (χ0) is 15.0. The summed E-state index contributed by atoms with van der Waals surface area (Å²) in [5.41, 5.74) is 0.271. The first-order valence-corrected chi connectivity index (χ1v) is 7.13. The molecule has 1 saturated heterocycles. The molecule has 0 radical (unpaired) electrons. The molecule has 2 aliphatic heterocycles. The van der Waals surface area contributed by atoms with Crippen LogP contribution in [0.4, 0.5) is 4.79 Å². The second-order valence-electron chi connectivity index (χ2n) is 6.99. The van der Waals surface area contributed by atoms with E-state index >= 15 is 0 Å². The molecule has 0 saturated carbocycles. The van der Waals surface area contributed by atoms with Gasteiger partial charge in [0.05, 0.1) is 12.2 Å². The monoisotopic (exact) mass is 281 g/mol. The van der Waals surface area contributed by atoms with Crippen molar-refractivity contribution < 1.29 is 18.8 Å². The van der Waals surface area contributed by atoms with Gasteiger partial charge in [0.25, 0.3) is 0 Å². The highest BCUT2D eigenvalue weighted by Gasteiger charge is 2.41. The Morgan fingerprint density at radius 2 is 2.15 bits per heavy atom. The van der Waals surface area contributed by atoms with E-state index in [4.69, 9.17) is 14.0 Å². The summed E-state index contributed by atoms with van der Waals surface area (Å²) >= 11 is 0. The molecular formula is C14H24BNO4. The first-order valence-electron chi connectivity index (χ1n) is 7.13. The van der Waals surface area contributed by atoms with E-state index in [0.29, 0.717) is 19.7 Å². The van der Waals surface area contributed by atoms with E-state index in [9.17, 15) is 4.79 Å². The molecule has 2 aliphatic rings. The van der Waals surface area contributed by atoms with Crippen molar-refractivity contribution in [3.05, 3.63) is 11.5 Å². The fourth-order valence-electron chi connectivity index (χ4n) is 2.24. The minimum Gasteiger partial charge on any atom is -0.444 e. The summed E-state index contributed by atoms with van der Waals surface area (Å²) in [6, 6.07) is 0. The predicted octanol–water partition coefficient (Wildman–Crippen LogP) is 2.41. The Morgan fingerprint density at radius 3 is 2.70 bits per heavy atom. The van der Waals surface area contributed by atoms with Crippen LogP contribution in [-0.4, -0.2) is 49.0 Å². The normalized spacial score (nSPS) is 22.8. The van der Waals surface area contributed by atoms with Gasteiger partial charge in [0, 0.05) is 13.1 Å². The first-order chi connectivity index (χ1) is 9.16. The number of amides is 1. The molecule has 0 aromatic carbocycles. The number of carbonyl (C=O) groups excluding carboxylic acids is 1. The smallest absolute Gasteiger partial charge is 0.444 e. The lowest BCUT2D eigenvalue weighted by Gasteiger charge is -2.30. The van der Waals surface area contributed by atoms with Gasteiger partial charge in [-0.05, 0) is 46.5 Å². The molecule has 0 N–H and O–H groups in total. The predicted molar refractivity (Wildman–Crippen MR) is 77.4 cm³/mol. The van der Waals surface area contributed by atoms with Gasteiger partial charge in [0.15, 0.2) is 0 Å². The van der Waals surface area contributed by atoms with Crippen LogP contribution in [0.15, 0.2) is 11.5 Å². The third-order valence-electron chi connectivity index (χ3n) is 3.14. The van der Waals surface area contributed by atoms with Gasteiger partial charge < -0.3 is 18.9 Å². The molecule has 0 aromatic heterocycles. The summed E-state index contributed by atoms with van der Waals surface area (Å²) in [7, 11) is -0.338. The summed E-state index contributed by atoms with van der Waals surface area (Å²) in [5.74, 6) is 0. The minimum absolute atomic E-state index is 0.264. The van der Waals surface area contributed by atoms with Crippen LogP contribution in [0.25, 0.3) is 0 Å². The van der Waals surface area contributed by atoms with Gasteiger partial charge in [0.2, 0.25) is 0 Å². The van der Waals surface area contributed by atoms with Crippen molar-refractivity contribution in [2.45, 2.75) is 52.2 Å². The Labute approximate surface area is 121 Å². The maximum Gasteiger partial charge on any atom is 0.491 e. The quantitative estimate of drug-likeness (QED) is 0.692. The highest BCUT2D eigenvalue weighted by Crippen LogP contribution is 2.26. The van der Waals surface area contributed by atoms with E-state index in [1.165, 1.54) is 0 Å². The topological polar surface area (TPSA) is 48.0 Å². The number of rotatable bonds is 1. The third kappa shape index (κ3) is 3.99. The maximum absolute atomic E-state index is 12.1. The van der Waals surface area contributed by atoms with Crippen LogP contribution in [0.1, 0.15) is 41.0 Å². The molecule has 2 heterocycles. The Balaban J connectivity index is 1.95. The molecule has 6 heteroatoms. The molecular weight excluding hydrogens is 257 g/mol. The Bertz CT molecular complexity index is 414. The SMILES string of the molecule is CC(C)(C)OC(=O)N1CCC=C(B2OCC(C)(C)O2)C1. The Kier molecular flexibility index (Phi) is 4.16. The molecule has 0 aromatic rings. The molecule has 0 spiro atoms. The van der Waals surface area contributed by atoms with Crippen molar-refractivity contribution in [1.29, 1.82) is 0 Å². The molecule has 1 amide bonds. The molecule has 2 rings (SSSR count). The van der Waals surface area contributed by atoms with Gasteiger partial charge in [-0.15, -0.1) is 0 Å². The molecule has 1 fully saturated rings. The van der Waals surface area contributed by atoms with Gasteiger partial charge >= 0.3 is 13.2 Å². The van der Waals surface area contributed by atoms with Gasteiger partial charge in [0.1, 0.15) is 5.60 Å². The molecule has 0 unspecified atom stereocenters. The number of hydrogen-bond donors (Lipinski definition) is 0. The van der Waals surface area contributed by atoms with Crippen molar-refractivity contribution in [3.8, 4) is 0 Å². The fraction of sp³-hybridized carbons (Fsp3) is 0.786. The van der Waals surface area contributed by atoms with E-state index in [1.54, 1.807) is 4.90 Å². The van der Waals surface area contributed by atoms with E-state index < -0.39 is 5.60 Å². The van der Waals surface area contributed by atoms with Crippen molar-refractivity contribution >= 4 is 13.2 Å². The number of ether oxygens (including phenoxy) is 1. The van der Waals surface area contributed by atoms with E-state index in [0.717, 1.165) is 11.9 Å². The Hall–Kier alpha value is -1.01. The standard InChI is InChI=1S/C14H24BNO4/c1-13(2,3)19-12(17)16-8-6-7-11(9-16)15-18-10-14(4,5)20-15/h7H,6,8-10H2,1-5H3. The van der Waals surface area contributed by atoms with E-state index in [1.807, 2.05) is 34.6 Å². The molecule has 0 aliphatic carbocycles.